The Morgan fingerprint density at radius 1 is 1.26 bits per heavy atom. The van der Waals surface area contributed by atoms with E-state index in [1.165, 1.54) is 18.4 Å². The van der Waals surface area contributed by atoms with Gasteiger partial charge in [0, 0.05) is 18.3 Å². The molecule has 19 heavy (non-hydrogen) atoms. The second kappa shape index (κ2) is 5.87. The number of nitrogens with one attached hydrogen (secondary N) is 1. The Bertz CT molecular complexity index is 535. The minimum Gasteiger partial charge on any atom is -0.354 e. The number of rotatable bonds is 6. The van der Waals surface area contributed by atoms with E-state index in [4.69, 9.17) is 0 Å². The highest BCUT2D eigenvalue weighted by Gasteiger charge is 2.25. The number of aromatic nitrogens is 2. The van der Waals surface area contributed by atoms with Crippen LogP contribution in [0.3, 0.4) is 0 Å². The molecule has 4 heteroatoms. The fourth-order valence-electron chi connectivity index (χ4n) is 2.40. The average molecular weight is 277 g/mol. The van der Waals surface area contributed by atoms with Gasteiger partial charge in [-0.3, -0.25) is 0 Å². The number of para-hydroxylation sites is 2. The Morgan fingerprint density at radius 2 is 1.95 bits per heavy atom. The maximum atomic E-state index is 4.66. The second-order valence-electron chi connectivity index (χ2n) is 4.93. The molecule has 0 aliphatic rings. The van der Waals surface area contributed by atoms with Crippen molar-refractivity contribution in [1.82, 2.24) is 9.55 Å². The van der Waals surface area contributed by atoms with Crippen molar-refractivity contribution in [3.8, 4) is 0 Å². The van der Waals surface area contributed by atoms with Crippen LogP contribution in [-0.2, 0) is 7.05 Å². The molecule has 0 bridgehead atoms. The van der Waals surface area contributed by atoms with Crippen LogP contribution in [0.25, 0.3) is 11.0 Å². The molecule has 0 spiro atoms. The molecular weight excluding hydrogens is 254 g/mol. The summed E-state index contributed by atoms with van der Waals surface area (Å²) in [4.78, 5) is 4.66. The molecule has 2 aromatic rings. The Balaban J connectivity index is 2.20. The normalized spacial score (nSPS) is 12.0. The molecule has 0 amide bonds. The van der Waals surface area contributed by atoms with Crippen LogP contribution in [0.15, 0.2) is 24.3 Å². The monoisotopic (exact) mass is 277 g/mol. The fourth-order valence-corrected chi connectivity index (χ4v) is 3.20. The molecule has 0 aliphatic heterocycles. The van der Waals surface area contributed by atoms with Crippen molar-refractivity contribution < 1.29 is 0 Å². The predicted molar refractivity (Wildman–Crippen MR) is 86.0 cm³/mol. The van der Waals surface area contributed by atoms with Crippen molar-refractivity contribution in [2.24, 2.45) is 7.05 Å². The molecule has 1 aromatic carbocycles. The van der Waals surface area contributed by atoms with Crippen LogP contribution >= 0.6 is 11.8 Å². The summed E-state index contributed by atoms with van der Waals surface area (Å²) in [6, 6.07) is 8.25. The highest BCUT2D eigenvalue weighted by atomic mass is 32.2. The van der Waals surface area contributed by atoms with Gasteiger partial charge in [0.05, 0.1) is 11.0 Å². The van der Waals surface area contributed by atoms with E-state index in [2.05, 4.69) is 60.2 Å². The van der Waals surface area contributed by atoms with Crippen LogP contribution in [-0.4, -0.2) is 27.1 Å². The number of imidazole rings is 1. The number of anilines is 1. The highest BCUT2D eigenvalue weighted by molar-refractivity contribution is 8.00. The third-order valence-electron chi connectivity index (χ3n) is 4.08. The predicted octanol–water partition coefficient (Wildman–Crippen LogP) is 3.91. The molecule has 1 heterocycles. The van der Waals surface area contributed by atoms with Crippen molar-refractivity contribution in [3.63, 3.8) is 0 Å². The van der Waals surface area contributed by atoms with E-state index in [9.17, 15) is 0 Å². The van der Waals surface area contributed by atoms with E-state index in [1.807, 2.05) is 17.8 Å². The molecule has 0 fully saturated rings. The lowest BCUT2D eigenvalue weighted by molar-refractivity contribution is 0.572. The van der Waals surface area contributed by atoms with Crippen molar-refractivity contribution >= 4 is 28.7 Å². The third kappa shape index (κ3) is 2.73. The number of hydrogen-bond donors (Lipinski definition) is 1. The van der Waals surface area contributed by atoms with Crippen molar-refractivity contribution in [3.05, 3.63) is 24.3 Å². The van der Waals surface area contributed by atoms with Crippen LogP contribution in [0.5, 0.6) is 0 Å². The van der Waals surface area contributed by atoms with Crippen LogP contribution < -0.4 is 5.32 Å². The first-order valence-corrected chi connectivity index (χ1v) is 8.08. The maximum Gasteiger partial charge on any atom is 0.203 e. The summed E-state index contributed by atoms with van der Waals surface area (Å²) in [6.07, 6.45) is 4.53. The van der Waals surface area contributed by atoms with Crippen LogP contribution in [0.2, 0.25) is 0 Å². The molecule has 0 radical (unpaired) electrons. The molecule has 104 valence electrons. The molecule has 3 nitrogen and oxygen atoms in total. The van der Waals surface area contributed by atoms with Crippen molar-refractivity contribution in [2.45, 2.75) is 31.4 Å². The molecule has 1 N–H and O–H groups in total. The first kappa shape index (κ1) is 14.3. The summed E-state index contributed by atoms with van der Waals surface area (Å²) in [6.45, 7) is 5.48. The summed E-state index contributed by atoms with van der Waals surface area (Å²) in [7, 11) is 2.07. The van der Waals surface area contributed by atoms with Gasteiger partial charge in [-0.2, -0.15) is 11.8 Å². The number of aryl methyl sites for hydroxylation is 1. The van der Waals surface area contributed by atoms with Gasteiger partial charge in [-0.05, 0) is 31.2 Å². The van der Waals surface area contributed by atoms with Crippen molar-refractivity contribution in [1.29, 1.82) is 0 Å². The van der Waals surface area contributed by atoms with E-state index in [0.717, 1.165) is 18.0 Å². The van der Waals surface area contributed by atoms with Gasteiger partial charge >= 0.3 is 0 Å². The van der Waals surface area contributed by atoms with Gasteiger partial charge < -0.3 is 9.88 Å². The summed E-state index contributed by atoms with van der Waals surface area (Å²) < 4.78 is 2.43. The van der Waals surface area contributed by atoms with Gasteiger partial charge in [0.25, 0.3) is 0 Å². The smallest absolute Gasteiger partial charge is 0.203 e. The van der Waals surface area contributed by atoms with Gasteiger partial charge in [-0.25, -0.2) is 4.98 Å². The van der Waals surface area contributed by atoms with E-state index in [1.54, 1.807) is 0 Å². The molecule has 0 saturated carbocycles. The Kier molecular flexibility index (Phi) is 4.40. The lowest BCUT2D eigenvalue weighted by Crippen LogP contribution is -2.32. The topological polar surface area (TPSA) is 29.9 Å². The largest absolute Gasteiger partial charge is 0.354 e. The number of fused-ring (bicyclic) bond motifs is 1. The zero-order valence-electron chi connectivity index (χ0n) is 12.2. The number of nitrogens with zero attached hydrogens (tertiary/aromatic N) is 2. The summed E-state index contributed by atoms with van der Waals surface area (Å²) >= 11 is 1.95. The van der Waals surface area contributed by atoms with Gasteiger partial charge in [0.15, 0.2) is 0 Å². The van der Waals surface area contributed by atoms with Gasteiger partial charge in [-0.1, -0.05) is 26.0 Å². The molecule has 0 saturated heterocycles. The van der Waals surface area contributed by atoms with Gasteiger partial charge in [-0.15, -0.1) is 0 Å². The zero-order valence-corrected chi connectivity index (χ0v) is 13.0. The lowest BCUT2D eigenvalue weighted by atomic mass is 10.0. The number of thioether (sulfide) groups is 1. The molecular formula is C15H23N3S. The van der Waals surface area contributed by atoms with Crippen molar-refractivity contribution in [2.75, 3.05) is 18.1 Å². The average Bonchev–Trinajstić information content (AvgIpc) is 2.78. The van der Waals surface area contributed by atoms with E-state index in [0.29, 0.717) is 4.75 Å². The lowest BCUT2D eigenvalue weighted by Gasteiger charge is -2.29. The quantitative estimate of drug-likeness (QED) is 0.868. The summed E-state index contributed by atoms with van der Waals surface area (Å²) in [5.74, 6) is 0.960. The van der Waals surface area contributed by atoms with E-state index < -0.39 is 0 Å². The summed E-state index contributed by atoms with van der Waals surface area (Å²) in [5.41, 5.74) is 2.22. The minimum absolute atomic E-state index is 0.304. The van der Waals surface area contributed by atoms with Crippen LogP contribution in [0.1, 0.15) is 26.7 Å². The zero-order chi connectivity index (χ0) is 13.9. The Hall–Kier alpha value is -1.16. The Morgan fingerprint density at radius 3 is 2.53 bits per heavy atom. The number of benzene rings is 1. The van der Waals surface area contributed by atoms with Crippen LogP contribution in [0, 0.1) is 0 Å². The summed E-state index contributed by atoms with van der Waals surface area (Å²) in [5, 5.41) is 3.53. The van der Waals surface area contributed by atoms with Crippen LogP contribution in [0.4, 0.5) is 5.95 Å². The third-order valence-corrected chi connectivity index (χ3v) is 5.67. The standard InChI is InChI=1S/C15H23N3S/c1-5-15(6-2,19-4)11-16-14-17-12-9-7-8-10-13(12)18(14)3/h7-10H,5-6,11H2,1-4H3,(H,16,17). The molecule has 0 atom stereocenters. The Labute approximate surface area is 119 Å². The molecule has 2 rings (SSSR count). The van der Waals surface area contributed by atoms with Gasteiger partial charge in [0.1, 0.15) is 0 Å². The first-order valence-electron chi connectivity index (χ1n) is 6.86. The fraction of sp³-hybridized carbons (Fsp3) is 0.533. The molecule has 0 aliphatic carbocycles. The molecule has 1 aromatic heterocycles. The number of hydrogen-bond acceptors (Lipinski definition) is 3. The van der Waals surface area contributed by atoms with E-state index >= 15 is 0 Å². The van der Waals surface area contributed by atoms with E-state index in [-0.39, 0.29) is 0 Å². The van der Waals surface area contributed by atoms with Gasteiger partial charge in [0.2, 0.25) is 5.95 Å². The second-order valence-corrected chi connectivity index (χ2v) is 6.21. The molecule has 0 unspecified atom stereocenters. The first-order chi connectivity index (χ1) is 9.15. The highest BCUT2D eigenvalue weighted by Crippen LogP contribution is 2.30. The maximum absolute atomic E-state index is 4.66. The minimum atomic E-state index is 0.304. The SMILES string of the molecule is CCC(CC)(CNc1nc2ccccc2n1C)SC.